The van der Waals surface area contributed by atoms with E-state index in [0.717, 1.165) is 4.21 Å². The molecule has 0 unspecified atom stereocenters. The molecule has 0 atom stereocenters. The molecule has 2 rings (SSSR count). The van der Waals surface area contributed by atoms with E-state index >= 15 is 0 Å². The number of thiophene rings is 1. The van der Waals surface area contributed by atoms with Crippen molar-refractivity contribution in [3.05, 3.63) is 33.3 Å². The fraction of sp³-hybridized carbons (Fsp3) is 0.200. The fourth-order valence-corrected chi connectivity index (χ4v) is 3.18. The van der Waals surface area contributed by atoms with Crippen LogP contribution in [0.25, 0.3) is 0 Å². The maximum absolute atomic E-state index is 11.1. The summed E-state index contributed by atoms with van der Waals surface area (Å²) in [5.74, 6) is 0.386. The lowest BCUT2D eigenvalue weighted by Gasteiger charge is -2.05. The van der Waals surface area contributed by atoms with Crippen LogP contribution in [0.2, 0.25) is 0 Å². The smallest absolute Gasteiger partial charge is 0.322 e. The van der Waals surface area contributed by atoms with Gasteiger partial charge in [-0.3, -0.25) is 10.1 Å². The van der Waals surface area contributed by atoms with Crippen LogP contribution in [-0.4, -0.2) is 21.9 Å². The second-order valence-electron chi connectivity index (χ2n) is 3.33. The molecule has 0 aliphatic rings. The summed E-state index contributed by atoms with van der Waals surface area (Å²) in [6, 6.07) is 3.79. The molecule has 0 saturated carbocycles. The highest BCUT2D eigenvalue weighted by Crippen LogP contribution is 2.37. The molecule has 2 aromatic heterocycles. The van der Waals surface area contributed by atoms with Crippen molar-refractivity contribution in [1.29, 1.82) is 0 Å². The maximum Gasteiger partial charge on any atom is 0.322 e. The molecule has 94 valence electrons. The molecule has 18 heavy (non-hydrogen) atoms. The van der Waals surface area contributed by atoms with E-state index in [-0.39, 0.29) is 5.69 Å². The van der Waals surface area contributed by atoms with E-state index in [2.05, 4.69) is 15.3 Å². The molecule has 2 heterocycles. The van der Waals surface area contributed by atoms with E-state index in [0.29, 0.717) is 16.7 Å². The quantitative estimate of drug-likeness (QED) is 0.527. The summed E-state index contributed by atoms with van der Waals surface area (Å²) in [5, 5.41) is 16.1. The van der Waals surface area contributed by atoms with E-state index in [1.54, 1.807) is 14.0 Å². The zero-order chi connectivity index (χ0) is 13.1. The first-order valence-corrected chi connectivity index (χ1v) is 6.73. The summed E-state index contributed by atoms with van der Waals surface area (Å²) in [5.41, 5.74) is 0.325. The number of hydrogen-bond acceptors (Lipinski definition) is 7. The lowest BCUT2D eigenvalue weighted by Crippen LogP contribution is -2.04. The van der Waals surface area contributed by atoms with Gasteiger partial charge >= 0.3 is 5.69 Å². The highest BCUT2D eigenvalue weighted by Gasteiger charge is 2.22. The number of aryl methyl sites for hydroxylation is 1. The zero-order valence-electron chi connectivity index (χ0n) is 9.71. The molecule has 0 saturated heterocycles. The Balaban J connectivity index is 2.48. The summed E-state index contributed by atoms with van der Waals surface area (Å²) >= 11 is 2.80. The molecular weight excluding hydrogens is 272 g/mol. The largest absolute Gasteiger partial charge is 0.357 e. The van der Waals surface area contributed by atoms with Crippen LogP contribution < -0.4 is 5.32 Å². The van der Waals surface area contributed by atoms with E-state index < -0.39 is 4.92 Å². The predicted molar refractivity (Wildman–Crippen MR) is 71.4 cm³/mol. The van der Waals surface area contributed by atoms with Crippen LogP contribution in [0.1, 0.15) is 5.69 Å². The van der Waals surface area contributed by atoms with Gasteiger partial charge in [0.1, 0.15) is 5.69 Å². The second kappa shape index (κ2) is 5.32. The van der Waals surface area contributed by atoms with Gasteiger partial charge < -0.3 is 5.32 Å². The monoisotopic (exact) mass is 282 g/mol. The lowest BCUT2D eigenvalue weighted by atomic mass is 10.4. The van der Waals surface area contributed by atoms with E-state index in [1.807, 2.05) is 17.5 Å². The summed E-state index contributed by atoms with van der Waals surface area (Å²) in [7, 11) is 1.68. The molecule has 0 spiro atoms. The predicted octanol–water partition coefficient (Wildman–Crippen LogP) is 2.95. The van der Waals surface area contributed by atoms with Crippen LogP contribution in [-0.2, 0) is 0 Å². The Morgan fingerprint density at radius 3 is 2.83 bits per heavy atom. The zero-order valence-corrected chi connectivity index (χ0v) is 11.3. The summed E-state index contributed by atoms with van der Waals surface area (Å²) < 4.78 is 0.957. The van der Waals surface area contributed by atoms with Crippen molar-refractivity contribution in [2.24, 2.45) is 0 Å². The standard InChI is InChI=1S/C10H10N4O2S2/c1-6-8(14(15)16)9(13-10(11-2)12-6)18-7-4-3-5-17-7/h3-5H,1-2H3,(H,11,12,13). The van der Waals surface area contributed by atoms with Gasteiger partial charge in [-0.1, -0.05) is 17.8 Å². The van der Waals surface area contributed by atoms with Gasteiger partial charge in [0, 0.05) is 7.05 Å². The highest BCUT2D eigenvalue weighted by molar-refractivity contribution is 8.01. The van der Waals surface area contributed by atoms with Crippen molar-refractivity contribution in [2.45, 2.75) is 16.2 Å². The van der Waals surface area contributed by atoms with Crippen molar-refractivity contribution in [3.63, 3.8) is 0 Å². The average Bonchev–Trinajstić information content (AvgIpc) is 2.80. The first-order chi connectivity index (χ1) is 8.61. The Bertz CT molecular complexity index is 572. The van der Waals surface area contributed by atoms with E-state index in [9.17, 15) is 10.1 Å². The van der Waals surface area contributed by atoms with Crippen molar-refractivity contribution >= 4 is 34.7 Å². The van der Waals surface area contributed by atoms with Crippen LogP contribution in [0.15, 0.2) is 26.7 Å². The van der Waals surface area contributed by atoms with Crippen LogP contribution in [0.4, 0.5) is 11.6 Å². The molecule has 2 aromatic rings. The number of hydrogen-bond donors (Lipinski definition) is 1. The molecule has 8 heteroatoms. The Kier molecular flexibility index (Phi) is 3.78. The van der Waals surface area contributed by atoms with Crippen molar-refractivity contribution in [2.75, 3.05) is 12.4 Å². The number of nitrogens with zero attached hydrogens (tertiary/aromatic N) is 3. The Morgan fingerprint density at radius 2 is 2.28 bits per heavy atom. The third kappa shape index (κ3) is 2.59. The van der Waals surface area contributed by atoms with Gasteiger partial charge in [0.2, 0.25) is 5.95 Å². The second-order valence-corrected chi connectivity index (χ2v) is 5.56. The fourth-order valence-electron chi connectivity index (χ4n) is 1.35. The summed E-state index contributed by atoms with van der Waals surface area (Å²) in [6.07, 6.45) is 0. The number of anilines is 1. The Morgan fingerprint density at radius 1 is 1.50 bits per heavy atom. The van der Waals surface area contributed by atoms with Crippen LogP contribution in [0, 0.1) is 17.0 Å². The number of aromatic nitrogens is 2. The van der Waals surface area contributed by atoms with Crippen LogP contribution in [0.3, 0.4) is 0 Å². The number of nitrogens with one attached hydrogen (secondary N) is 1. The Labute approximate surface area is 112 Å². The average molecular weight is 282 g/mol. The first-order valence-electron chi connectivity index (χ1n) is 5.04. The Hall–Kier alpha value is -1.67. The lowest BCUT2D eigenvalue weighted by molar-refractivity contribution is -0.389. The molecule has 0 fully saturated rings. The minimum absolute atomic E-state index is 0.0348. The molecule has 0 radical (unpaired) electrons. The number of nitro groups is 1. The molecule has 0 aliphatic heterocycles. The van der Waals surface area contributed by atoms with Gasteiger partial charge in [-0.05, 0) is 18.4 Å². The van der Waals surface area contributed by atoms with Gasteiger partial charge in [-0.25, -0.2) is 4.98 Å². The summed E-state index contributed by atoms with van der Waals surface area (Å²) in [6.45, 7) is 1.61. The normalized spacial score (nSPS) is 10.3. The van der Waals surface area contributed by atoms with E-state index in [1.165, 1.54) is 23.1 Å². The van der Waals surface area contributed by atoms with E-state index in [4.69, 9.17) is 0 Å². The molecule has 0 amide bonds. The third-order valence-electron chi connectivity index (χ3n) is 2.12. The van der Waals surface area contributed by atoms with Crippen molar-refractivity contribution in [3.8, 4) is 0 Å². The molecular formula is C10H10N4O2S2. The van der Waals surface area contributed by atoms with Gasteiger partial charge in [-0.15, -0.1) is 11.3 Å². The number of rotatable bonds is 4. The van der Waals surface area contributed by atoms with Crippen LogP contribution in [0.5, 0.6) is 0 Å². The molecule has 6 nitrogen and oxygen atoms in total. The maximum atomic E-state index is 11.1. The van der Waals surface area contributed by atoms with Gasteiger partial charge in [-0.2, -0.15) is 4.98 Å². The van der Waals surface area contributed by atoms with Gasteiger partial charge in [0.25, 0.3) is 0 Å². The van der Waals surface area contributed by atoms with Crippen molar-refractivity contribution < 1.29 is 4.92 Å². The molecule has 0 aromatic carbocycles. The third-order valence-corrected chi connectivity index (χ3v) is 4.14. The topological polar surface area (TPSA) is 81.0 Å². The van der Waals surface area contributed by atoms with Crippen LogP contribution >= 0.6 is 23.1 Å². The summed E-state index contributed by atoms with van der Waals surface area (Å²) in [4.78, 5) is 18.8. The molecule has 0 bridgehead atoms. The van der Waals surface area contributed by atoms with Crippen molar-refractivity contribution in [1.82, 2.24) is 9.97 Å². The minimum atomic E-state index is -0.440. The van der Waals surface area contributed by atoms with Gasteiger partial charge in [0.15, 0.2) is 5.03 Å². The first kappa shape index (κ1) is 12.8. The van der Waals surface area contributed by atoms with Gasteiger partial charge in [0.05, 0.1) is 9.13 Å². The SMILES string of the molecule is CNc1nc(C)c([N+](=O)[O-])c(Sc2cccs2)n1. The highest BCUT2D eigenvalue weighted by atomic mass is 32.2. The molecule has 0 aliphatic carbocycles. The minimum Gasteiger partial charge on any atom is -0.357 e. The molecule has 1 N–H and O–H groups in total.